The van der Waals surface area contributed by atoms with Crippen LogP contribution in [-0.2, 0) is 10.0 Å². The standard InChI is InChI=1S/C9H18N2O2S/c10-8-3-1-2-4-9(8)11-14(12,13)7-5-6-7/h7-9,11H,1-6,10H2. The van der Waals surface area contributed by atoms with Crippen LogP contribution in [0.4, 0.5) is 0 Å². The van der Waals surface area contributed by atoms with E-state index in [2.05, 4.69) is 4.72 Å². The van der Waals surface area contributed by atoms with Crippen LogP contribution in [0.25, 0.3) is 0 Å². The lowest BCUT2D eigenvalue weighted by Crippen LogP contribution is -2.50. The molecule has 82 valence electrons. The van der Waals surface area contributed by atoms with Crippen molar-refractivity contribution in [2.75, 3.05) is 0 Å². The minimum Gasteiger partial charge on any atom is -0.326 e. The van der Waals surface area contributed by atoms with Crippen LogP contribution in [0.3, 0.4) is 0 Å². The number of hydrogen-bond acceptors (Lipinski definition) is 3. The highest BCUT2D eigenvalue weighted by molar-refractivity contribution is 7.90. The van der Waals surface area contributed by atoms with Crippen molar-refractivity contribution in [3.05, 3.63) is 0 Å². The summed E-state index contributed by atoms with van der Waals surface area (Å²) in [6.07, 6.45) is 5.69. The number of nitrogens with two attached hydrogens (primary N) is 1. The van der Waals surface area contributed by atoms with E-state index < -0.39 is 10.0 Å². The molecule has 0 radical (unpaired) electrons. The van der Waals surface area contributed by atoms with Crippen LogP contribution in [0.5, 0.6) is 0 Å². The van der Waals surface area contributed by atoms with E-state index in [1.807, 2.05) is 0 Å². The summed E-state index contributed by atoms with van der Waals surface area (Å²) in [5, 5.41) is -0.128. The van der Waals surface area contributed by atoms with E-state index >= 15 is 0 Å². The average molecular weight is 218 g/mol. The maximum absolute atomic E-state index is 11.6. The molecule has 0 spiro atoms. The van der Waals surface area contributed by atoms with Gasteiger partial charge in [0, 0.05) is 12.1 Å². The molecule has 0 aromatic heterocycles. The van der Waals surface area contributed by atoms with Gasteiger partial charge in [-0.2, -0.15) is 0 Å². The Hall–Kier alpha value is -0.130. The fourth-order valence-corrected chi connectivity index (χ4v) is 3.66. The Morgan fingerprint density at radius 3 is 2.29 bits per heavy atom. The molecule has 0 heterocycles. The summed E-state index contributed by atoms with van der Waals surface area (Å²) < 4.78 is 26.0. The summed E-state index contributed by atoms with van der Waals surface area (Å²) in [5.74, 6) is 0. The highest BCUT2D eigenvalue weighted by Crippen LogP contribution is 2.28. The molecule has 2 unspecified atom stereocenters. The number of rotatable bonds is 3. The molecule has 3 N–H and O–H groups in total. The quantitative estimate of drug-likeness (QED) is 0.717. The largest absolute Gasteiger partial charge is 0.326 e. The van der Waals surface area contributed by atoms with Crippen LogP contribution in [0.2, 0.25) is 0 Å². The third-order valence-corrected chi connectivity index (χ3v) is 5.08. The summed E-state index contributed by atoms with van der Waals surface area (Å²) in [4.78, 5) is 0. The Labute approximate surface area is 85.3 Å². The first-order valence-corrected chi connectivity index (χ1v) is 6.91. The predicted molar refractivity (Wildman–Crippen MR) is 55.3 cm³/mol. The lowest BCUT2D eigenvalue weighted by Gasteiger charge is -2.28. The number of nitrogens with one attached hydrogen (secondary N) is 1. The van der Waals surface area contributed by atoms with Crippen LogP contribution in [0.15, 0.2) is 0 Å². The third kappa shape index (κ3) is 2.27. The highest BCUT2D eigenvalue weighted by atomic mass is 32.2. The molecule has 2 atom stereocenters. The molecule has 0 aromatic carbocycles. The second-order valence-electron chi connectivity index (χ2n) is 4.42. The normalized spacial score (nSPS) is 34.4. The van der Waals surface area contributed by atoms with E-state index in [1.54, 1.807) is 0 Å². The van der Waals surface area contributed by atoms with Crippen LogP contribution in [0.1, 0.15) is 38.5 Å². The Morgan fingerprint density at radius 1 is 1.07 bits per heavy atom. The lowest BCUT2D eigenvalue weighted by atomic mass is 9.92. The number of hydrogen-bond donors (Lipinski definition) is 2. The first-order chi connectivity index (χ1) is 6.59. The average Bonchev–Trinajstić information content (AvgIpc) is 2.91. The van der Waals surface area contributed by atoms with Crippen molar-refractivity contribution in [1.82, 2.24) is 4.72 Å². The Morgan fingerprint density at radius 2 is 1.71 bits per heavy atom. The van der Waals surface area contributed by atoms with Crippen molar-refractivity contribution in [2.24, 2.45) is 5.73 Å². The molecule has 2 aliphatic carbocycles. The van der Waals surface area contributed by atoms with Gasteiger partial charge in [0.1, 0.15) is 0 Å². The van der Waals surface area contributed by atoms with Crippen molar-refractivity contribution in [3.8, 4) is 0 Å². The van der Waals surface area contributed by atoms with E-state index in [9.17, 15) is 8.42 Å². The van der Waals surface area contributed by atoms with Crippen LogP contribution in [-0.4, -0.2) is 25.8 Å². The van der Waals surface area contributed by atoms with Gasteiger partial charge in [-0.15, -0.1) is 0 Å². The minimum absolute atomic E-state index is 0.0114. The fourth-order valence-electron chi connectivity index (χ4n) is 1.99. The van der Waals surface area contributed by atoms with E-state index in [4.69, 9.17) is 5.73 Å². The zero-order valence-electron chi connectivity index (χ0n) is 8.28. The number of sulfonamides is 1. The fraction of sp³-hybridized carbons (Fsp3) is 1.00. The molecule has 5 heteroatoms. The third-order valence-electron chi connectivity index (χ3n) is 3.10. The van der Waals surface area contributed by atoms with Crippen molar-refractivity contribution in [1.29, 1.82) is 0 Å². The summed E-state index contributed by atoms with van der Waals surface area (Å²) in [5.41, 5.74) is 5.88. The monoisotopic (exact) mass is 218 g/mol. The van der Waals surface area contributed by atoms with Crippen LogP contribution < -0.4 is 10.5 Å². The second-order valence-corrected chi connectivity index (χ2v) is 6.41. The lowest BCUT2D eigenvalue weighted by molar-refractivity contribution is 0.361. The van der Waals surface area contributed by atoms with Gasteiger partial charge in [-0.3, -0.25) is 0 Å². The van der Waals surface area contributed by atoms with Gasteiger partial charge in [0.2, 0.25) is 10.0 Å². The Kier molecular flexibility index (Phi) is 2.81. The Balaban J connectivity index is 1.95. The molecular formula is C9H18N2O2S. The summed E-state index contributed by atoms with van der Waals surface area (Å²) in [6.45, 7) is 0. The molecule has 0 amide bonds. The van der Waals surface area contributed by atoms with Gasteiger partial charge >= 0.3 is 0 Å². The van der Waals surface area contributed by atoms with Crippen molar-refractivity contribution in [2.45, 2.75) is 55.9 Å². The molecule has 0 saturated heterocycles. The molecule has 2 fully saturated rings. The topological polar surface area (TPSA) is 72.2 Å². The zero-order valence-corrected chi connectivity index (χ0v) is 9.09. The molecular weight excluding hydrogens is 200 g/mol. The predicted octanol–water partition coefficient (Wildman–Crippen LogP) is 0.338. The zero-order chi connectivity index (χ0) is 10.2. The maximum Gasteiger partial charge on any atom is 0.214 e. The van der Waals surface area contributed by atoms with Gasteiger partial charge in [0.25, 0.3) is 0 Å². The van der Waals surface area contributed by atoms with Crippen LogP contribution >= 0.6 is 0 Å². The van der Waals surface area contributed by atoms with Crippen LogP contribution in [0, 0.1) is 0 Å². The second kappa shape index (κ2) is 3.79. The van der Waals surface area contributed by atoms with E-state index in [0.717, 1.165) is 38.5 Å². The summed E-state index contributed by atoms with van der Waals surface area (Å²) in [7, 11) is -3.05. The van der Waals surface area contributed by atoms with E-state index in [0.29, 0.717) is 0 Å². The van der Waals surface area contributed by atoms with Gasteiger partial charge in [-0.25, -0.2) is 13.1 Å². The smallest absolute Gasteiger partial charge is 0.214 e. The Bertz CT molecular complexity index is 298. The molecule has 2 rings (SSSR count). The maximum atomic E-state index is 11.6. The first-order valence-electron chi connectivity index (χ1n) is 5.36. The molecule has 0 aliphatic heterocycles. The van der Waals surface area contributed by atoms with Gasteiger partial charge in [-0.05, 0) is 25.7 Å². The van der Waals surface area contributed by atoms with Gasteiger partial charge < -0.3 is 5.73 Å². The van der Waals surface area contributed by atoms with Crippen molar-refractivity contribution >= 4 is 10.0 Å². The molecule has 2 saturated carbocycles. The molecule has 14 heavy (non-hydrogen) atoms. The van der Waals surface area contributed by atoms with Gasteiger partial charge in [-0.1, -0.05) is 12.8 Å². The van der Waals surface area contributed by atoms with E-state index in [-0.39, 0.29) is 17.3 Å². The van der Waals surface area contributed by atoms with Crippen molar-refractivity contribution in [3.63, 3.8) is 0 Å². The molecule has 4 nitrogen and oxygen atoms in total. The first kappa shape index (κ1) is 10.4. The molecule has 2 aliphatic rings. The summed E-state index contributed by atoms with van der Waals surface area (Å²) >= 11 is 0. The summed E-state index contributed by atoms with van der Waals surface area (Å²) in [6, 6.07) is -0.00775. The van der Waals surface area contributed by atoms with Gasteiger partial charge in [0.15, 0.2) is 0 Å². The molecule has 0 bridgehead atoms. The van der Waals surface area contributed by atoms with Crippen molar-refractivity contribution < 1.29 is 8.42 Å². The minimum atomic E-state index is -3.05. The highest BCUT2D eigenvalue weighted by Gasteiger charge is 2.38. The SMILES string of the molecule is NC1CCCCC1NS(=O)(=O)C1CC1. The van der Waals surface area contributed by atoms with E-state index in [1.165, 1.54) is 0 Å². The van der Waals surface area contributed by atoms with Gasteiger partial charge in [0.05, 0.1) is 5.25 Å². The molecule has 0 aromatic rings.